The van der Waals surface area contributed by atoms with Crippen LogP contribution in [0.25, 0.3) is 0 Å². The first-order valence-electron chi connectivity index (χ1n) is 7.11. The lowest BCUT2D eigenvalue weighted by atomic mass is 10.1. The average molecular weight is 367 g/mol. The predicted molar refractivity (Wildman–Crippen MR) is 92.0 cm³/mol. The highest BCUT2D eigenvalue weighted by Gasteiger charge is 2.36. The van der Waals surface area contributed by atoms with Gasteiger partial charge in [0.05, 0.1) is 10.6 Å². The maximum absolute atomic E-state index is 12.5. The van der Waals surface area contributed by atoms with E-state index in [1.54, 1.807) is 32.0 Å². The molecule has 2 aromatic rings. The van der Waals surface area contributed by atoms with E-state index in [0.29, 0.717) is 16.5 Å². The van der Waals surface area contributed by atoms with Crippen LogP contribution >= 0.6 is 11.6 Å². The molecule has 0 fully saturated rings. The van der Waals surface area contributed by atoms with Crippen LogP contribution in [-0.2, 0) is 14.8 Å². The van der Waals surface area contributed by atoms with E-state index in [1.165, 1.54) is 24.3 Å². The lowest BCUT2D eigenvalue weighted by Crippen LogP contribution is -2.45. The molecule has 24 heavy (non-hydrogen) atoms. The fraction of sp³-hybridized carbons (Fsp3) is 0.188. The molecule has 2 N–H and O–H groups in total. The van der Waals surface area contributed by atoms with Gasteiger partial charge in [-0.3, -0.25) is 9.52 Å². The summed E-state index contributed by atoms with van der Waals surface area (Å²) < 4.78 is 33.1. The number of halogens is 1. The summed E-state index contributed by atoms with van der Waals surface area (Å²) in [5.41, 5.74) is -0.508. The molecule has 8 heteroatoms. The number of benzene rings is 2. The first-order chi connectivity index (χ1) is 11.2. The molecule has 0 aromatic heterocycles. The number of fused-ring (bicyclic) bond motifs is 1. The van der Waals surface area contributed by atoms with Crippen molar-refractivity contribution in [2.75, 3.05) is 10.0 Å². The van der Waals surface area contributed by atoms with Crippen molar-refractivity contribution in [3.63, 3.8) is 0 Å². The molecule has 1 aliphatic heterocycles. The number of anilines is 2. The maximum atomic E-state index is 12.5. The van der Waals surface area contributed by atoms with E-state index in [-0.39, 0.29) is 16.5 Å². The largest absolute Gasteiger partial charge is 0.476 e. The van der Waals surface area contributed by atoms with Gasteiger partial charge < -0.3 is 10.1 Å². The van der Waals surface area contributed by atoms with Crippen molar-refractivity contribution in [3.8, 4) is 5.75 Å². The number of amides is 1. The number of sulfonamides is 1. The minimum atomic E-state index is -3.83. The predicted octanol–water partition coefficient (Wildman–Crippen LogP) is 3.25. The molecule has 1 aliphatic rings. The van der Waals surface area contributed by atoms with Crippen molar-refractivity contribution in [2.24, 2.45) is 0 Å². The second kappa shape index (κ2) is 5.68. The van der Waals surface area contributed by atoms with Gasteiger partial charge in [-0.2, -0.15) is 0 Å². The van der Waals surface area contributed by atoms with Crippen LogP contribution in [0.15, 0.2) is 47.4 Å². The Hall–Kier alpha value is -2.25. The molecule has 0 radical (unpaired) electrons. The highest BCUT2D eigenvalue weighted by Crippen LogP contribution is 2.39. The van der Waals surface area contributed by atoms with Crippen molar-refractivity contribution in [1.29, 1.82) is 0 Å². The molecule has 0 aliphatic carbocycles. The fourth-order valence-electron chi connectivity index (χ4n) is 2.23. The summed E-state index contributed by atoms with van der Waals surface area (Å²) in [6.07, 6.45) is 0. The average Bonchev–Trinajstić information content (AvgIpc) is 2.49. The quantitative estimate of drug-likeness (QED) is 0.873. The van der Waals surface area contributed by atoms with Crippen LogP contribution in [0.2, 0.25) is 5.02 Å². The zero-order chi connectivity index (χ0) is 17.5. The summed E-state index contributed by atoms with van der Waals surface area (Å²) in [6, 6.07) is 10.6. The molecular weight excluding hydrogens is 352 g/mol. The van der Waals surface area contributed by atoms with Gasteiger partial charge in [0.2, 0.25) is 0 Å². The molecular formula is C16H15ClN2O4S. The van der Waals surface area contributed by atoms with Crippen LogP contribution in [0.4, 0.5) is 11.4 Å². The van der Waals surface area contributed by atoms with E-state index in [9.17, 15) is 13.2 Å². The van der Waals surface area contributed by atoms with E-state index >= 15 is 0 Å². The van der Waals surface area contributed by atoms with E-state index in [1.807, 2.05) is 0 Å². The number of para-hydroxylation sites is 1. The van der Waals surface area contributed by atoms with Crippen molar-refractivity contribution >= 4 is 38.9 Å². The van der Waals surface area contributed by atoms with E-state index in [0.717, 1.165) is 0 Å². The van der Waals surface area contributed by atoms with Gasteiger partial charge in [0.1, 0.15) is 11.4 Å². The van der Waals surface area contributed by atoms with Gasteiger partial charge in [-0.25, -0.2) is 8.42 Å². The van der Waals surface area contributed by atoms with Crippen molar-refractivity contribution in [3.05, 3.63) is 47.5 Å². The Morgan fingerprint density at radius 1 is 1.12 bits per heavy atom. The molecule has 2 aromatic carbocycles. The molecule has 0 unspecified atom stereocenters. The van der Waals surface area contributed by atoms with Gasteiger partial charge in [-0.05, 0) is 50.2 Å². The zero-order valence-corrected chi connectivity index (χ0v) is 14.5. The Labute approximate surface area is 144 Å². The molecule has 1 heterocycles. The van der Waals surface area contributed by atoms with Crippen LogP contribution in [-0.4, -0.2) is 19.9 Å². The SMILES string of the molecule is CC1(C)Oc2cccc(NS(=O)(=O)c3ccc(Cl)cc3)c2NC1=O. The van der Waals surface area contributed by atoms with Gasteiger partial charge in [0, 0.05) is 5.02 Å². The number of nitrogens with one attached hydrogen (secondary N) is 2. The Kier molecular flexibility index (Phi) is 3.93. The Balaban J connectivity index is 1.97. The number of ether oxygens (including phenoxy) is 1. The highest BCUT2D eigenvalue weighted by atomic mass is 35.5. The summed E-state index contributed by atoms with van der Waals surface area (Å²) in [5, 5.41) is 3.13. The van der Waals surface area contributed by atoms with Gasteiger partial charge in [0.15, 0.2) is 5.60 Å². The highest BCUT2D eigenvalue weighted by molar-refractivity contribution is 7.92. The number of carbonyl (C=O) groups excluding carboxylic acids is 1. The monoisotopic (exact) mass is 366 g/mol. The number of hydrogen-bond acceptors (Lipinski definition) is 4. The maximum Gasteiger partial charge on any atom is 0.268 e. The van der Waals surface area contributed by atoms with Crippen LogP contribution < -0.4 is 14.8 Å². The Morgan fingerprint density at radius 2 is 1.79 bits per heavy atom. The van der Waals surface area contributed by atoms with E-state index in [2.05, 4.69) is 10.0 Å². The van der Waals surface area contributed by atoms with Crippen LogP contribution in [0, 0.1) is 0 Å². The normalized spacial score (nSPS) is 15.9. The second-order valence-electron chi connectivity index (χ2n) is 5.80. The van der Waals surface area contributed by atoms with Gasteiger partial charge >= 0.3 is 0 Å². The second-order valence-corrected chi connectivity index (χ2v) is 7.92. The van der Waals surface area contributed by atoms with Crippen molar-refractivity contribution in [2.45, 2.75) is 24.3 Å². The van der Waals surface area contributed by atoms with E-state index in [4.69, 9.17) is 16.3 Å². The topological polar surface area (TPSA) is 84.5 Å². The van der Waals surface area contributed by atoms with Crippen LogP contribution in [0.5, 0.6) is 5.75 Å². The minimum Gasteiger partial charge on any atom is -0.476 e. The summed E-state index contributed by atoms with van der Waals surface area (Å²) in [5.74, 6) is 0.0454. The molecule has 0 bridgehead atoms. The Morgan fingerprint density at radius 3 is 2.46 bits per heavy atom. The molecule has 0 atom stereocenters. The molecule has 1 amide bonds. The van der Waals surface area contributed by atoms with Gasteiger partial charge in [0.25, 0.3) is 15.9 Å². The number of carbonyl (C=O) groups is 1. The summed E-state index contributed by atoms with van der Waals surface area (Å²) >= 11 is 5.78. The van der Waals surface area contributed by atoms with Crippen LogP contribution in [0.1, 0.15) is 13.8 Å². The molecule has 0 spiro atoms. The van der Waals surface area contributed by atoms with Gasteiger partial charge in [-0.1, -0.05) is 17.7 Å². The van der Waals surface area contributed by atoms with Crippen LogP contribution in [0.3, 0.4) is 0 Å². The first kappa shape index (κ1) is 16.6. The van der Waals surface area contributed by atoms with Gasteiger partial charge in [-0.15, -0.1) is 0 Å². The molecule has 126 valence electrons. The van der Waals surface area contributed by atoms with Crippen molar-refractivity contribution < 1.29 is 17.9 Å². The fourth-order valence-corrected chi connectivity index (χ4v) is 3.43. The Bertz CT molecular complexity index is 908. The standard InChI is InChI=1S/C16H15ClN2O4S/c1-16(2)15(20)18-14-12(4-3-5-13(14)23-16)19-24(21,22)11-8-6-10(17)7-9-11/h3-9,19H,1-2H3,(H,18,20). The smallest absolute Gasteiger partial charge is 0.268 e. The summed E-state index contributed by atoms with van der Waals surface area (Å²) in [6.45, 7) is 3.27. The van der Waals surface area contributed by atoms with Crippen molar-refractivity contribution in [1.82, 2.24) is 0 Å². The molecule has 6 nitrogen and oxygen atoms in total. The minimum absolute atomic E-state index is 0.0629. The molecule has 3 rings (SSSR count). The third-order valence-corrected chi connectivity index (χ3v) is 5.18. The number of hydrogen-bond donors (Lipinski definition) is 2. The lowest BCUT2D eigenvalue weighted by Gasteiger charge is -2.32. The third-order valence-electron chi connectivity index (χ3n) is 3.54. The van der Waals surface area contributed by atoms with E-state index < -0.39 is 15.6 Å². The first-order valence-corrected chi connectivity index (χ1v) is 8.97. The lowest BCUT2D eigenvalue weighted by molar-refractivity contribution is -0.129. The molecule has 0 saturated carbocycles. The zero-order valence-electron chi connectivity index (χ0n) is 13.0. The third kappa shape index (κ3) is 3.05. The summed E-state index contributed by atoms with van der Waals surface area (Å²) in [4.78, 5) is 12.1. The molecule has 0 saturated heterocycles. The summed E-state index contributed by atoms with van der Waals surface area (Å²) in [7, 11) is -3.83. The number of rotatable bonds is 3.